The van der Waals surface area contributed by atoms with Gasteiger partial charge in [0.05, 0.1) is 0 Å². The first-order valence-electron chi connectivity index (χ1n) is 7.79. The highest BCUT2D eigenvalue weighted by molar-refractivity contribution is 7.15. The molecule has 24 heavy (non-hydrogen) atoms. The number of aromatic nitrogens is 2. The van der Waals surface area contributed by atoms with Gasteiger partial charge in [-0.3, -0.25) is 9.59 Å². The summed E-state index contributed by atoms with van der Waals surface area (Å²) in [5.74, 6) is -0.381. The number of hydrogen-bond donors (Lipinski definition) is 2. The second-order valence-corrected chi connectivity index (χ2v) is 7.72. The number of hydrogen-bond acceptors (Lipinski definition) is 5. The van der Waals surface area contributed by atoms with E-state index in [0.717, 1.165) is 11.4 Å². The average Bonchev–Trinajstić information content (AvgIpc) is 2.92. The van der Waals surface area contributed by atoms with Crippen LogP contribution >= 0.6 is 11.3 Å². The van der Waals surface area contributed by atoms with Crippen molar-refractivity contribution in [1.82, 2.24) is 15.5 Å². The minimum Gasteiger partial charge on any atom is -0.352 e. The molecule has 6 nitrogen and oxygen atoms in total. The minimum atomic E-state index is -0.193. The van der Waals surface area contributed by atoms with Gasteiger partial charge in [0.2, 0.25) is 11.0 Å². The monoisotopic (exact) mass is 346 g/mol. The van der Waals surface area contributed by atoms with Crippen LogP contribution in [0.25, 0.3) is 0 Å². The number of amides is 2. The van der Waals surface area contributed by atoms with Crippen molar-refractivity contribution in [3.8, 4) is 0 Å². The second kappa shape index (κ2) is 8.01. The van der Waals surface area contributed by atoms with Crippen LogP contribution in [0.4, 0.5) is 5.13 Å². The zero-order valence-electron chi connectivity index (χ0n) is 14.1. The van der Waals surface area contributed by atoms with Gasteiger partial charge in [-0.2, -0.15) is 0 Å². The Balaban J connectivity index is 1.75. The molecule has 0 radical (unpaired) electrons. The van der Waals surface area contributed by atoms with E-state index in [1.807, 2.05) is 6.07 Å². The van der Waals surface area contributed by atoms with E-state index in [4.69, 9.17) is 0 Å². The number of rotatable bonds is 6. The molecule has 0 aliphatic rings. The molecule has 0 aliphatic carbocycles. The fourth-order valence-corrected chi connectivity index (χ4v) is 3.05. The number of benzene rings is 1. The molecule has 1 aromatic heterocycles. The molecule has 0 spiro atoms. The summed E-state index contributed by atoms with van der Waals surface area (Å²) in [5, 5.41) is 14.9. The number of nitrogens with zero attached hydrogens (tertiary/aromatic N) is 2. The molecule has 0 saturated heterocycles. The predicted octanol–water partition coefficient (Wildman–Crippen LogP) is 2.89. The lowest BCUT2D eigenvalue weighted by Gasteiger charge is -2.14. The van der Waals surface area contributed by atoms with Gasteiger partial charge in [-0.25, -0.2) is 0 Å². The van der Waals surface area contributed by atoms with Gasteiger partial charge in [0, 0.05) is 24.9 Å². The van der Waals surface area contributed by atoms with Gasteiger partial charge in [0.1, 0.15) is 5.01 Å². The van der Waals surface area contributed by atoms with E-state index in [0.29, 0.717) is 10.7 Å². The lowest BCUT2D eigenvalue weighted by molar-refractivity contribution is -0.116. The van der Waals surface area contributed by atoms with E-state index >= 15 is 0 Å². The van der Waals surface area contributed by atoms with Crippen molar-refractivity contribution >= 4 is 28.3 Å². The fourth-order valence-electron chi connectivity index (χ4n) is 1.99. The maximum Gasteiger partial charge on any atom is 0.251 e. The van der Waals surface area contributed by atoms with Crippen molar-refractivity contribution in [2.75, 3.05) is 11.9 Å². The third-order valence-corrected chi connectivity index (χ3v) is 3.91. The zero-order valence-corrected chi connectivity index (χ0v) is 14.9. The van der Waals surface area contributed by atoms with E-state index in [1.165, 1.54) is 11.3 Å². The van der Waals surface area contributed by atoms with Crippen molar-refractivity contribution in [1.29, 1.82) is 0 Å². The van der Waals surface area contributed by atoms with Crippen LogP contribution in [-0.4, -0.2) is 28.6 Å². The predicted molar refractivity (Wildman–Crippen MR) is 95.1 cm³/mol. The molecule has 0 saturated carbocycles. The van der Waals surface area contributed by atoms with E-state index in [1.54, 1.807) is 24.3 Å². The molecule has 1 aromatic carbocycles. The maximum absolute atomic E-state index is 11.9. The third kappa shape index (κ3) is 6.08. The Morgan fingerprint density at radius 2 is 1.83 bits per heavy atom. The first-order chi connectivity index (χ1) is 11.3. The van der Waals surface area contributed by atoms with Crippen molar-refractivity contribution in [2.24, 2.45) is 5.41 Å². The Kier molecular flexibility index (Phi) is 6.03. The van der Waals surface area contributed by atoms with Gasteiger partial charge < -0.3 is 10.6 Å². The smallest absolute Gasteiger partial charge is 0.251 e. The van der Waals surface area contributed by atoms with E-state index in [-0.39, 0.29) is 30.2 Å². The molecule has 128 valence electrons. The highest BCUT2D eigenvalue weighted by Crippen LogP contribution is 2.24. The maximum atomic E-state index is 11.9. The summed E-state index contributed by atoms with van der Waals surface area (Å²) in [4.78, 5) is 23.8. The normalized spacial score (nSPS) is 11.1. The number of carbonyl (C=O) groups excluding carboxylic acids is 2. The standard InChI is InChI=1S/C17H22N4O2S/c1-17(2,3)11-14-20-21-16(24-14)19-13(22)9-10-18-15(23)12-7-5-4-6-8-12/h4-8H,9-11H2,1-3H3,(H,18,23)(H,19,21,22). The number of nitrogens with one attached hydrogen (secondary N) is 2. The molecule has 2 N–H and O–H groups in total. The Morgan fingerprint density at radius 1 is 1.12 bits per heavy atom. The van der Waals surface area contributed by atoms with Crippen molar-refractivity contribution < 1.29 is 9.59 Å². The summed E-state index contributed by atoms with van der Waals surface area (Å²) >= 11 is 1.38. The lowest BCUT2D eigenvalue weighted by Crippen LogP contribution is -2.27. The van der Waals surface area contributed by atoms with Crippen LogP contribution < -0.4 is 10.6 Å². The highest BCUT2D eigenvalue weighted by Gasteiger charge is 2.16. The van der Waals surface area contributed by atoms with Crippen LogP contribution in [0.3, 0.4) is 0 Å². The summed E-state index contributed by atoms with van der Waals surface area (Å²) in [6.45, 7) is 6.65. The second-order valence-electron chi connectivity index (χ2n) is 6.66. The van der Waals surface area contributed by atoms with Gasteiger partial charge in [0.15, 0.2) is 0 Å². The van der Waals surface area contributed by atoms with Crippen LogP contribution in [0.2, 0.25) is 0 Å². The number of anilines is 1. The van der Waals surface area contributed by atoms with E-state index < -0.39 is 0 Å². The van der Waals surface area contributed by atoms with Crippen LogP contribution in [0.1, 0.15) is 42.6 Å². The van der Waals surface area contributed by atoms with Crippen LogP contribution in [0.15, 0.2) is 30.3 Å². The molecule has 0 aliphatic heterocycles. The molecule has 0 atom stereocenters. The molecular formula is C17H22N4O2S. The van der Waals surface area contributed by atoms with E-state index in [9.17, 15) is 9.59 Å². The van der Waals surface area contributed by atoms with Crippen molar-refractivity contribution in [2.45, 2.75) is 33.6 Å². The Labute approximate surface area is 145 Å². The van der Waals surface area contributed by atoms with Crippen LogP contribution in [0, 0.1) is 5.41 Å². The summed E-state index contributed by atoms with van der Waals surface area (Å²) in [6, 6.07) is 8.90. The quantitative estimate of drug-likeness (QED) is 0.842. The molecule has 2 aromatic rings. The first-order valence-corrected chi connectivity index (χ1v) is 8.61. The Morgan fingerprint density at radius 3 is 2.50 bits per heavy atom. The largest absolute Gasteiger partial charge is 0.352 e. The summed E-state index contributed by atoms with van der Waals surface area (Å²) in [7, 11) is 0. The van der Waals surface area contributed by atoms with Gasteiger partial charge in [-0.15, -0.1) is 10.2 Å². The highest BCUT2D eigenvalue weighted by atomic mass is 32.1. The van der Waals surface area contributed by atoms with Crippen LogP contribution in [-0.2, 0) is 11.2 Å². The van der Waals surface area contributed by atoms with Crippen molar-refractivity contribution in [3.63, 3.8) is 0 Å². The van der Waals surface area contributed by atoms with Crippen LogP contribution in [0.5, 0.6) is 0 Å². The molecule has 1 heterocycles. The van der Waals surface area contributed by atoms with E-state index in [2.05, 4.69) is 41.6 Å². The van der Waals surface area contributed by atoms with Gasteiger partial charge in [-0.1, -0.05) is 50.3 Å². The number of carbonyl (C=O) groups is 2. The molecule has 0 bridgehead atoms. The summed E-state index contributed by atoms with van der Waals surface area (Å²) < 4.78 is 0. The van der Waals surface area contributed by atoms with Crippen molar-refractivity contribution in [3.05, 3.63) is 40.9 Å². The molecular weight excluding hydrogens is 324 g/mol. The topological polar surface area (TPSA) is 84.0 Å². The SMILES string of the molecule is CC(C)(C)Cc1nnc(NC(=O)CCNC(=O)c2ccccc2)s1. The lowest BCUT2D eigenvalue weighted by atomic mass is 9.93. The minimum absolute atomic E-state index is 0.128. The molecule has 7 heteroatoms. The summed E-state index contributed by atoms with van der Waals surface area (Å²) in [5.41, 5.74) is 0.705. The fraction of sp³-hybridized carbons (Fsp3) is 0.412. The molecule has 2 amide bonds. The van der Waals surface area contributed by atoms with Gasteiger partial charge >= 0.3 is 0 Å². The summed E-state index contributed by atoms with van der Waals surface area (Å²) in [6.07, 6.45) is 1.00. The first kappa shape index (κ1) is 18.1. The third-order valence-electron chi connectivity index (χ3n) is 3.07. The Bertz CT molecular complexity index is 692. The van der Waals surface area contributed by atoms with Gasteiger partial charge in [0.25, 0.3) is 5.91 Å². The zero-order chi connectivity index (χ0) is 17.6. The molecule has 2 rings (SSSR count). The van der Waals surface area contributed by atoms with Gasteiger partial charge in [-0.05, 0) is 17.5 Å². The Hall–Kier alpha value is -2.28. The molecule has 0 fully saturated rings. The molecule has 0 unspecified atom stereocenters. The average molecular weight is 346 g/mol.